The molecule has 126 valence electrons. The van der Waals surface area contributed by atoms with Crippen LogP contribution in [-0.4, -0.2) is 16.1 Å². The van der Waals surface area contributed by atoms with Crippen molar-refractivity contribution in [3.63, 3.8) is 0 Å². The summed E-state index contributed by atoms with van der Waals surface area (Å²) in [6.07, 6.45) is 2.49. The minimum absolute atomic E-state index is 0.182. The van der Waals surface area contributed by atoms with E-state index in [2.05, 4.69) is 15.5 Å². The summed E-state index contributed by atoms with van der Waals surface area (Å²) < 4.78 is 0. The lowest BCUT2D eigenvalue weighted by Crippen LogP contribution is -2.12. The van der Waals surface area contributed by atoms with Crippen molar-refractivity contribution < 1.29 is 4.79 Å². The molecule has 1 heterocycles. The van der Waals surface area contributed by atoms with Crippen LogP contribution in [0.25, 0.3) is 6.08 Å². The molecule has 25 heavy (non-hydrogen) atoms. The van der Waals surface area contributed by atoms with Gasteiger partial charge in [-0.25, -0.2) is 0 Å². The number of hydrogen-bond donors (Lipinski definition) is 1. The minimum atomic E-state index is -0.182. The molecule has 4 nitrogen and oxygen atoms in total. The number of rotatable bonds is 5. The summed E-state index contributed by atoms with van der Waals surface area (Å²) in [6, 6.07) is 17.3. The topological polar surface area (TPSA) is 54.9 Å². The zero-order chi connectivity index (χ0) is 17.6. The summed E-state index contributed by atoms with van der Waals surface area (Å²) in [4.78, 5) is 12.3. The van der Waals surface area contributed by atoms with Crippen LogP contribution < -0.4 is 5.32 Å². The van der Waals surface area contributed by atoms with Crippen LogP contribution in [0.5, 0.6) is 0 Å². The van der Waals surface area contributed by atoms with Crippen LogP contribution in [0.1, 0.15) is 23.1 Å². The molecule has 3 aromatic rings. The van der Waals surface area contributed by atoms with Gasteiger partial charge in [-0.2, -0.15) is 0 Å². The Hall–Kier alpha value is -2.50. The highest BCUT2D eigenvalue weighted by molar-refractivity contribution is 7.15. The lowest BCUT2D eigenvalue weighted by atomic mass is 10.1. The number of amides is 1. The third-order valence-corrected chi connectivity index (χ3v) is 4.59. The highest BCUT2D eigenvalue weighted by Crippen LogP contribution is 2.20. The number of anilines is 1. The molecule has 0 aliphatic heterocycles. The second-order valence-corrected chi connectivity index (χ2v) is 6.99. The van der Waals surface area contributed by atoms with Crippen molar-refractivity contribution in [1.82, 2.24) is 10.2 Å². The van der Waals surface area contributed by atoms with Gasteiger partial charge in [-0.3, -0.25) is 10.1 Å². The molecule has 0 aliphatic carbocycles. The fourth-order valence-corrected chi connectivity index (χ4v) is 3.11. The van der Waals surface area contributed by atoms with Gasteiger partial charge in [-0.1, -0.05) is 65.4 Å². The highest BCUT2D eigenvalue weighted by Gasteiger charge is 2.10. The van der Waals surface area contributed by atoms with E-state index in [9.17, 15) is 4.79 Å². The first-order valence-corrected chi connectivity index (χ1v) is 8.91. The molecule has 0 saturated heterocycles. The molecule has 0 spiro atoms. The standard InChI is InChI=1S/C19H16ClN3OS/c1-13(11-14-5-3-2-4-6-14)18(24)21-19-23-22-17(25-19)12-15-7-9-16(20)10-8-15/h2-11H,12H2,1H3,(H,21,23,24)/b13-11+. The lowest BCUT2D eigenvalue weighted by Gasteiger charge is -2.01. The summed E-state index contributed by atoms with van der Waals surface area (Å²) in [5.74, 6) is -0.182. The van der Waals surface area contributed by atoms with Gasteiger partial charge in [-0.15, -0.1) is 10.2 Å². The fraction of sp³-hybridized carbons (Fsp3) is 0.105. The van der Waals surface area contributed by atoms with E-state index in [1.54, 1.807) is 6.92 Å². The SMILES string of the molecule is C/C(=C\c1ccccc1)C(=O)Nc1nnc(Cc2ccc(Cl)cc2)s1. The number of hydrogen-bond acceptors (Lipinski definition) is 4. The fourth-order valence-electron chi connectivity index (χ4n) is 2.21. The van der Waals surface area contributed by atoms with Crippen LogP contribution in [0.15, 0.2) is 60.2 Å². The monoisotopic (exact) mass is 369 g/mol. The minimum Gasteiger partial charge on any atom is -0.297 e. The van der Waals surface area contributed by atoms with Crippen molar-refractivity contribution in [3.8, 4) is 0 Å². The molecule has 0 radical (unpaired) electrons. The third kappa shape index (κ3) is 4.98. The summed E-state index contributed by atoms with van der Waals surface area (Å²) in [5.41, 5.74) is 2.69. The average Bonchev–Trinajstić information content (AvgIpc) is 3.04. The quantitative estimate of drug-likeness (QED) is 0.655. The maximum absolute atomic E-state index is 12.3. The molecule has 0 saturated carbocycles. The van der Waals surface area contributed by atoms with Crippen molar-refractivity contribution in [2.75, 3.05) is 5.32 Å². The van der Waals surface area contributed by atoms with Gasteiger partial charge in [0, 0.05) is 17.0 Å². The Morgan fingerprint density at radius 3 is 2.56 bits per heavy atom. The molecule has 3 rings (SSSR count). The van der Waals surface area contributed by atoms with Crippen molar-refractivity contribution in [3.05, 3.63) is 81.3 Å². The van der Waals surface area contributed by atoms with Crippen LogP contribution in [-0.2, 0) is 11.2 Å². The van der Waals surface area contributed by atoms with Crippen LogP contribution >= 0.6 is 22.9 Å². The highest BCUT2D eigenvalue weighted by atomic mass is 35.5. The van der Waals surface area contributed by atoms with Gasteiger partial charge in [0.2, 0.25) is 5.13 Å². The molecule has 6 heteroatoms. The third-order valence-electron chi connectivity index (χ3n) is 3.50. The number of aromatic nitrogens is 2. The zero-order valence-electron chi connectivity index (χ0n) is 13.6. The van der Waals surface area contributed by atoms with Gasteiger partial charge >= 0.3 is 0 Å². The molecule has 0 aliphatic rings. The summed E-state index contributed by atoms with van der Waals surface area (Å²) in [7, 11) is 0. The van der Waals surface area contributed by atoms with E-state index in [1.807, 2.05) is 60.7 Å². The van der Waals surface area contributed by atoms with E-state index < -0.39 is 0 Å². The molecule has 0 atom stereocenters. The van der Waals surface area contributed by atoms with Crippen LogP contribution in [0, 0.1) is 0 Å². The van der Waals surface area contributed by atoms with Crippen molar-refractivity contribution >= 4 is 40.1 Å². The summed E-state index contributed by atoms with van der Waals surface area (Å²) in [6.45, 7) is 1.78. The number of benzene rings is 2. The smallest absolute Gasteiger partial charge is 0.253 e. The summed E-state index contributed by atoms with van der Waals surface area (Å²) >= 11 is 7.26. The van der Waals surface area contributed by atoms with E-state index in [-0.39, 0.29) is 5.91 Å². The van der Waals surface area contributed by atoms with Crippen molar-refractivity contribution in [1.29, 1.82) is 0 Å². The van der Waals surface area contributed by atoms with E-state index in [1.165, 1.54) is 11.3 Å². The first-order chi connectivity index (χ1) is 12.1. The first kappa shape index (κ1) is 17.3. The molecular weight excluding hydrogens is 354 g/mol. The number of nitrogens with zero attached hydrogens (tertiary/aromatic N) is 2. The lowest BCUT2D eigenvalue weighted by molar-refractivity contribution is -0.112. The normalized spacial score (nSPS) is 11.4. The molecule has 0 fully saturated rings. The molecule has 1 amide bonds. The maximum Gasteiger partial charge on any atom is 0.253 e. The Morgan fingerprint density at radius 2 is 1.84 bits per heavy atom. The molecule has 0 unspecified atom stereocenters. The number of halogens is 1. The van der Waals surface area contributed by atoms with E-state index in [0.717, 1.165) is 16.1 Å². The van der Waals surface area contributed by atoms with Crippen LogP contribution in [0.3, 0.4) is 0 Å². The predicted octanol–water partition coefficient (Wildman–Crippen LogP) is 4.82. The Morgan fingerprint density at radius 1 is 1.12 bits per heavy atom. The van der Waals surface area contributed by atoms with Gasteiger partial charge in [-0.05, 0) is 36.3 Å². The van der Waals surface area contributed by atoms with E-state index in [0.29, 0.717) is 22.1 Å². The molecule has 1 aromatic heterocycles. The molecular formula is C19H16ClN3OS. The second-order valence-electron chi connectivity index (χ2n) is 5.50. The van der Waals surface area contributed by atoms with E-state index in [4.69, 9.17) is 11.6 Å². The zero-order valence-corrected chi connectivity index (χ0v) is 15.1. The molecule has 1 N–H and O–H groups in total. The Labute approximate surface area is 155 Å². The van der Waals surface area contributed by atoms with Crippen molar-refractivity contribution in [2.45, 2.75) is 13.3 Å². The maximum atomic E-state index is 12.3. The summed E-state index contributed by atoms with van der Waals surface area (Å²) in [5, 5.41) is 13.0. The van der Waals surface area contributed by atoms with Gasteiger partial charge in [0.05, 0.1) is 0 Å². The number of carbonyl (C=O) groups is 1. The predicted molar refractivity (Wildman–Crippen MR) is 103 cm³/mol. The number of nitrogens with one attached hydrogen (secondary N) is 1. The van der Waals surface area contributed by atoms with Crippen molar-refractivity contribution in [2.24, 2.45) is 0 Å². The largest absolute Gasteiger partial charge is 0.297 e. The van der Waals surface area contributed by atoms with Gasteiger partial charge in [0.15, 0.2) is 0 Å². The Bertz CT molecular complexity index is 889. The van der Waals surface area contributed by atoms with E-state index >= 15 is 0 Å². The first-order valence-electron chi connectivity index (χ1n) is 7.72. The van der Waals surface area contributed by atoms with Gasteiger partial charge in [0.25, 0.3) is 5.91 Å². The van der Waals surface area contributed by atoms with Crippen LogP contribution in [0.2, 0.25) is 5.02 Å². The van der Waals surface area contributed by atoms with Gasteiger partial charge < -0.3 is 0 Å². The Kier molecular flexibility index (Phi) is 5.58. The average molecular weight is 370 g/mol. The Balaban J connectivity index is 1.63. The number of carbonyl (C=O) groups excluding carboxylic acids is 1. The van der Waals surface area contributed by atoms with Crippen LogP contribution in [0.4, 0.5) is 5.13 Å². The second kappa shape index (κ2) is 8.05. The molecule has 2 aromatic carbocycles. The molecule has 0 bridgehead atoms. The van der Waals surface area contributed by atoms with Gasteiger partial charge in [0.1, 0.15) is 5.01 Å².